The summed E-state index contributed by atoms with van der Waals surface area (Å²) in [4.78, 5) is 10.5. The Morgan fingerprint density at radius 2 is 2.29 bits per heavy atom. The van der Waals surface area contributed by atoms with E-state index < -0.39 is 6.10 Å². The topological polar surface area (TPSA) is 75.4 Å². The highest BCUT2D eigenvalue weighted by Crippen LogP contribution is 2.12. The molecule has 1 aromatic rings. The fraction of sp³-hybridized carbons (Fsp3) is 0.417. The molecule has 17 heavy (non-hydrogen) atoms. The molecular formula is C12H17FN2O2. The van der Waals surface area contributed by atoms with E-state index in [4.69, 9.17) is 5.73 Å². The molecule has 4 N–H and O–H groups in total. The van der Waals surface area contributed by atoms with Gasteiger partial charge in [-0.1, -0.05) is 12.1 Å². The minimum absolute atomic E-state index is 0.322. The molecule has 0 radical (unpaired) electrons. The molecule has 0 aliphatic rings. The van der Waals surface area contributed by atoms with Crippen LogP contribution in [0.15, 0.2) is 24.3 Å². The first kappa shape index (κ1) is 13.6. The molecule has 0 heterocycles. The third-order valence-corrected chi connectivity index (χ3v) is 2.35. The molecule has 0 saturated carbocycles. The van der Waals surface area contributed by atoms with Crippen molar-refractivity contribution in [2.45, 2.75) is 18.9 Å². The van der Waals surface area contributed by atoms with Gasteiger partial charge in [-0.2, -0.15) is 0 Å². The van der Waals surface area contributed by atoms with Gasteiger partial charge in [-0.05, 0) is 30.7 Å². The smallest absolute Gasteiger partial charge is 0.217 e. The number of primary amides is 1. The lowest BCUT2D eigenvalue weighted by Crippen LogP contribution is -2.23. The van der Waals surface area contributed by atoms with Crippen LogP contribution in [0.3, 0.4) is 0 Å². The summed E-state index contributed by atoms with van der Waals surface area (Å²) in [5.41, 5.74) is 5.52. The van der Waals surface area contributed by atoms with Crippen LogP contribution in [-0.2, 0) is 4.79 Å². The Morgan fingerprint density at radius 3 is 2.94 bits per heavy atom. The van der Waals surface area contributed by atoms with Gasteiger partial charge in [0.25, 0.3) is 0 Å². The normalized spacial score (nSPS) is 12.4. The Balaban J connectivity index is 2.25. The zero-order valence-corrected chi connectivity index (χ0v) is 9.53. The predicted octanol–water partition coefficient (Wildman–Crippen LogP) is 0.714. The van der Waals surface area contributed by atoms with Gasteiger partial charge >= 0.3 is 0 Å². The molecule has 1 amide bonds. The molecule has 94 valence electrons. The summed E-state index contributed by atoms with van der Waals surface area (Å²) < 4.78 is 12.9. The molecule has 1 rings (SSSR count). The fourth-order valence-electron chi connectivity index (χ4n) is 1.46. The largest absolute Gasteiger partial charge is 0.387 e. The van der Waals surface area contributed by atoms with Crippen molar-refractivity contribution in [2.24, 2.45) is 5.73 Å². The van der Waals surface area contributed by atoms with Crippen LogP contribution in [0.5, 0.6) is 0 Å². The highest BCUT2D eigenvalue weighted by molar-refractivity contribution is 5.73. The van der Waals surface area contributed by atoms with Crippen molar-refractivity contribution in [3.05, 3.63) is 35.6 Å². The molecule has 0 bridgehead atoms. The van der Waals surface area contributed by atoms with Gasteiger partial charge in [0.2, 0.25) is 5.91 Å². The monoisotopic (exact) mass is 240 g/mol. The number of carbonyl (C=O) groups is 1. The molecule has 0 aliphatic carbocycles. The van der Waals surface area contributed by atoms with Gasteiger partial charge in [0, 0.05) is 13.0 Å². The summed E-state index contributed by atoms with van der Waals surface area (Å²) in [6.07, 6.45) is 0.202. The van der Waals surface area contributed by atoms with Crippen LogP contribution in [-0.4, -0.2) is 24.1 Å². The van der Waals surface area contributed by atoms with Crippen LogP contribution in [0.25, 0.3) is 0 Å². The standard InChI is InChI=1S/C12H17FN2O2/c13-10-4-1-3-9(7-10)11(16)8-15-6-2-5-12(14)17/h1,3-4,7,11,15-16H,2,5-6,8H2,(H2,14,17). The van der Waals surface area contributed by atoms with Crippen molar-refractivity contribution in [3.63, 3.8) is 0 Å². The minimum atomic E-state index is -0.751. The van der Waals surface area contributed by atoms with E-state index in [-0.39, 0.29) is 11.7 Å². The number of hydrogen-bond acceptors (Lipinski definition) is 3. The molecule has 4 nitrogen and oxygen atoms in total. The van der Waals surface area contributed by atoms with Gasteiger partial charge in [-0.15, -0.1) is 0 Å². The summed E-state index contributed by atoms with van der Waals surface area (Å²) in [6, 6.07) is 5.85. The maximum atomic E-state index is 12.9. The molecule has 0 aliphatic heterocycles. The first-order chi connectivity index (χ1) is 8.09. The number of nitrogens with one attached hydrogen (secondary N) is 1. The van der Waals surface area contributed by atoms with Crippen molar-refractivity contribution in [2.75, 3.05) is 13.1 Å². The number of aliphatic hydroxyl groups excluding tert-OH is 1. The van der Waals surface area contributed by atoms with Crippen molar-refractivity contribution in [1.82, 2.24) is 5.32 Å². The number of halogens is 1. The van der Waals surface area contributed by atoms with E-state index in [2.05, 4.69) is 5.32 Å². The third kappa shape index (κ3) is 5.42. The predicted molar refractivity (Wildman–Crippen MR) is 62.7 cm³/mol. The van der Waals surface area contributed by atoms with E-state index in [0.29, 0.717) is 31.5 Å². The first-order valence-corrected chi connectivity index (χ1v) is 5.52. The Labute approximate surface area is 99.6 Å². The average molecular weight is 240 g/mol. The Kier molecular flexibility index (Phi) is 5.59. The second-order valence-electron chi connectivity index (χ2n) is 3.84. The molecule has 0 saturated heterocycles. The lowest BCUT2D eigenvalue weighted by atomic mass is 10.1. The molecule has 1 atom stereocenters. The van der Waals surface area contributed by atoms with Crippen molar-refractivity contribution in [3.8, 4) is 0 Å². The zero-order chi connectivity index (χ0) is 12.7. The van der Waals surface area contributed by atoms with Crippen LogP contribution < -0.4 is 11.1 Å². The van der Waals surface area contributed by atoms with Gasteiger partial charge in [-0.25, -0.2) is 4.39 Å². The molecular weight excluding hydrogens is 223 g/mol. The lowest BCUT2D eigenvalue weighted by Gasteiger charge is -2.11. The van der Waals surface area contributed by atoms with Crippen molar-refractivity contribution in [1.29, 1.82) is 0 Å². The van der Waals surface area contributed by atoms with E-state index >= 15 is 0 Å². The Bertz CT molecular complexity index is 371. The van der Waals surface area contributed by atoms with Gasteiger partial charge in [0.05, 0.1) is 6.10 Å². The van der Waals surface area contributed by atoms with E-state index in [0.717, 1.165) is 0 Å². The molecule has 0 aromatic heterocycles. The number of carbonyl (C=O) groups excluding carboxylic acids is 1. The Morgan fingerprint density at radius 1 is 1.53 bits per heavy atom. The summed E-state index contributed by atoms with van der Waals surface area (Å²) in [5, 5.41) is 12.7. The van der Waals surface area contributed by atoms with Crippen LogP contribution >= 0.6 is 0 Å². The van der Waals surface area contributed by atoms with E-state index in [1.165, 1.54) is 12.1 Å². The highest BCUT2D eigenvalue weighted by atomic mass is 19.1. The van der Waals surface area contributed by atoms with Gasteiger partial charge in [0.15, 0.2) is 0 Å². The summed E-state index contributed by atoms with van der Waals surface area (Å²) in [7, 11) is 0. The van der Waals surface area contributed by atoms with Crippen molar-refractivity contribution >= 4 is 5.91 Å². The van der Waals surface area contributed by atoms with E-state index in [1.807, 2.05) is 0 Å². The van der Waals surface area contributed by atoms with Crippen LogP contribution in [0, 0.1) is 5.82 Å². The number of benzene rings is 1. The summed E-state index contributed by atoms with van der Waals surface area (Å²) in [5.74, 6) is -0.701. The van der Waals surface area contributed by atoms with Gasteiger partial charge < -0.3 is 16.2 Å². The van der Waals surface area contributed by atoms with E-state index in [1.54, 1.807) is 12.1 Å². The SMILES string of the molecule is NC(=O)CCCNCC(O)c1cccc(F)c1. The third-order valence-electron chi connectivity index (χ3n) is 2.35. The molecule has 5 heteroatoms. The number of amides is 1. The minimum Gasteiger partial charge on any atom is -0.387 e. The van der Waals surface area contributed by atoms with Crippen LogP contribution in [0.2, 0.25) is 0 Å². The molecule has 0 spiro atoms. The second kappa shape index (κ2) is 6.98. The second-order valence-corrected chi connectivity index (χ2v) is 3.84. The average Bonchev–Trinajstić information content (AvgIpc) is 2.28. The van der Waals surface area contributed by atoms with Gasteiger partial charge in [0.1, 0.15) is 5.82 Å². The Hall–Kier alpha value is -1.46. The molecule has 1 aromatic carbocycles. The maximum Gasteiger partial charge on any atom is 0.217 e. The molecule has 0 fully saturated rings. The lowest BCUT2D eigenvalue weighted by molar-refractivity contribution is -0.118. The van der Waals surface area contributed by atoms with Crippen molar-refractivity contribution < 1.29 is 14.3 Å². The number of rotatable bonds is 7. The maximum absolute atomic E-state index is 12.9. The number of aliphatic hydroxyl groups is 1. The fourth-order valence-corrected chi connectivity index (χ4v) is 1.46. The zero-order valence-electron chi connectivity index (χ0n) is 9.53. The van der Waals surface area contributed by atoms with Gasteiger partial charge in [-0.3, -0.25) is 4.79 Å². The van der Waals surface area contributed by atoms with E-state index in [9.17, 15) is 14.3 Å². The van der Waals surface area contributed by atoms with Crippen LogP contribution in [0.4, 0.5) is 4.39 Å². The molecule has 1 unspecified atom stereocenters. The van der Waals surface area contributed by atoms with Crippen LogP contribution in [0.1, 0.15) is 24.5 Å². The number of nitrogens with two attached hydrogens (primary N) is 1. The number of hydrogen-bond donors (Lipinski definition) is 3. The quantitative estimate of drug-likeness (QED) is 0.614. The highest BCUT2D eigenvalue weighted by Gasteiger charge is 2.07. The summed E-state index contributed by atoms with van der Waals surface area (Å²) in [6.45, 7) is 0.914. The summed E-state index contributed by atoms with van der Waals surface area (Å²) >= 11 is 0. The first-order valence-electron chi connectivity index (χ1n) is 5.52.